The zero-order valence-electron chi connectivity index (χ0n) is 12.3. The SMILES string of the molecule is CCn1nc(C)c(N)c1C(=O)OCC1CN(C)CCO1. The van der Waals surface area contributed by atoms with Crippen LogP contribution in [-0.4, -0.2) is 60.1 Å². The van der Waals surface area contributed by atoms with Gasteiger partial charge in [0.05, 0.1) is 18.0 Å². The van der Waals surface area contributed by atoms with Crippen molar-refractivity contribution in [2.75, 3.05) is 39.1 Å². The minimum Gasteiger partial charge on any atom is -0.458 e. The molecule has 1 aromatic rings. The highest BCUT2D eigenvalue weighted by Gasteiger charge is 2.23. The number of carbonyl (C=O) groups is 1. The highest BCUT2D eigenvalue weighted by atomic mass is 16.6. The first-order valence-corrected chi connectivity index (χ1v) is 6.83. The maximum atomic E-state index is 12.2. The van der Waals surface area contributed by atoms with E-state index in [-0.39, 0.29) is 12.7 Å². The number of carbonyl (C=O) groups excluding carboxylic acids is 1. The second kappa shape index (κ2) is 6.23. The molecular formula is C13H22N4O3. The third kappa shape index (κ3) is 3.10. The Hall–Kier alpha value is -1.60. The third-order valence-corrected chi connectivity index (χ3v) is 3.41. The summed E-state index contributed by atoms with van der Waals surface area (Å²) in [4.78, 5) is 14.3. The first kappa shape index (κ1) is 14.8. The van der Waals surface area contributed by atoms with E-state index in [1.54, 1.807) is 11.6 Å². The van der Waals surface area contributed by atoms with E-state index in [0.717, 1.165) is 13.1 Å². The average Bonchev–Trinajstić information content (AvgIpc) is 2.72. The zero-order chi connectivity index (χ0) is 14.7. The molecule has 2 heterocycles. The molecule has 112 valence electrons. The number of likely N-dealkylation sites (N-methyl/N-ethyl adjacent to an activating group) is 1. The number of esters is 1. The van der Waals surface area contributed by atoms with Crippen LogP contribution in [0.5, 0.6) is 0 Å². The van der Waals surface area contributed by atoms with Crippen LogP contribution in [0.4, 0.5) is 5.69 Å². The van der Waals surface area contributed by atoms with Gasteiger partial charge in [-0.25, -0.2) is 4.79 Å². The van der Waals surface area contributed by atoms with Gasteiger partial charge in [0.1, 0.15) is 12.7 Å². The molecular weight excluding hydrogens is 260 g/mol. The Morgan fingerprint density at radius 3 is 3.00 bits per heavy atom. The Morgan fingerprint density at radius 1 is 1.60 bits per heavy atom. The molecule has 1 aliphatic heterocycles. The van der Waals surface area contributed by atoms with E-state index in [4.69, 9.17) is 15.2 Å². The predicted octanol–water partition coefficient (Wildman–Crippen LogP) is 0.281. The molecule has 1 aromatic heterocycles. The maximum absolute atomic E-state index is 12.2. The summed E-state index contributed by atoms with van der Waals surface area (Å²) in [6, 6.07) is 0. The van der Waals surface area contributed by atoms with Crippen LogP contribution in [0.2, 0.25) is 0 Å². The van der Waals surface area contributed by atoms with Crippen LogP contribution in [0.25, 0.3) is 0 Å². The van der Waals surface area contributed by atoms with Crippen LogP contribution in [0.3, 0.4) is 0 Å². The van der Waals surface area contributed by atoms with E-state index in [2.05, 4.69) is 10.00 Å². The van der Waals surface area contributed by atoms with Crippen molar-refractivity contribution >= 4 is 11.7 Å². The summed E-state index contributed by atoms with van der Waals surface area (Å²) in [5.74, 6) is -0.443. The molecule has 2 N–H and O–H groups in total. The minimum absolute atomic E-state index is 0.0852. The molecule has 0 radical (unpaired) electrons. The van der Waals surface area contributed by atoms with Crippen LogP contribution < -0.4 is 5.73 Å². The quantitative estimate of drug-likeness (QED) is 0.799. The largest absolute Gasteiger partial charge is 0.458 e. The lowest BCUT2D eigenvalue weighted by atomic mass is 10.3. The standard InChI is InChI=1S/C13H22N4O3/c1-4-17-12(11(14)9(2)15-17)13(18)20-8-10-7-16(3)5-6-19-10/h10H,4-8,14H2,1-3H3. The van der Waals surface area contributed by atoms with Gasteiger partial charge in [0.25, 0.3) is 0 Å². The lowest BCUT2D eigenvalue weighted by Crippen LogP contribution is -2.42. The van der Waals surface area contributed by atoms with Gasteiger partial charge in [-0.05, 0) is 20.9 Å². The molecule has 7 heteroatoms. The zero-order valence-corrected chi connectivity index (χ0v) is 12.3. The molecule has 1 saturated heterocycles. The fraction of sp³-hybridized carbons (Fsp3) is 0.692. The number of anilines is 1. The lowest BCUT2D eigenvalue weighted by molar-refractivity contribution is -0.0530. The van der Waals surface area contributed by atoms with E-state index in [9.17, 15) is 4.79 Å². The van der Waals surface area contributed by atoms with Gasteiger partial charge in [-0.15, -0.1) is 0 Å². The lowest BCUT2D eigenvalue weighted by Gasteiger charge is -2.29. The summed E-state index contributed by atoms with van der Waals surface area (Å²) in [5.41, 5.74) is 7.25. The summed E-state index contributed by atoms with van der Waals surface area (Å²) in [6.07, 6.45) is -0.0852. The van der Waals surface area contributed by atoms with Gasteiger partial charge >= 0.3 is 5.97 Å². The summed E-state index contributed by atoms with van der Waals surface area (Å²) in [7, 11) is 2.02. The first-order chi connectivity index (χ1) is 9.52. The fourth-order valence-corrected chi connectivity index (χ4v) is 2.24. The number of aromatic nitrogens is 2. The van der Waals surface area contributed by atoms with E-state index in [0.29, 0.717) is 30.2 Å². The highest BCUT2D eigenvalue weighted by molar-refractivity contribution is 5.93. The molecule has 0 aliphatic carbocycles. The molecule has 1 atom stereocenters. The fourth-order valence-electron chi connectivity index (χ4n) is 2.24. The molecule has 20 heavy (non-hydrogen) atoms. The topological polar surface area (TPSA) is 82.6 Å². The van der Waals surface area contributed by atoms with Gasteiger partial charge in [-0.3, -0.25) is 4.68 Å². The van der Waals surface area contributed by atoms with E-state index >= 15 is 0 Å². The molecule has 0 amide bonds. The van der Waals surface area contributed by atoms with Crippen molar-refractivity contribution in [3.05, 3.63) is 11.4 Å². The predicted molar refractivity (Wildman–Crippen MR) is 74.6 cm³/mol. The Kier molecular flexibility index (Phi) is 4.61. The van der Waals surface area contributed by atoms with Crippen LogP contribution in [0, 0.1) is 6.92 Å². The van der Waals surface area contributed by atoms with E-state index in [1.807, 2.05) is 14.0 Å². The number of nitrogen functional groups attached to an aromatic ring is 1. The van der Waals surface area contributed by atoms with E-state index < -0.39 is 5.97 Å². The minimum atomic E-state index is -0.443. The monoisotopic (exact) mass is 282 g/mol. The van der Waals surface area contributed by atoms with Crippen molar-refractivity contribution in [1.82, 2.24) is 14.7 Å². The molecule has 1 fully saturated rings. The van der Waals surface area contributed by atoms with Gasteiger partial charge in [0.2, 0.25) is 0 Å². The van der Waals surface area contributed by atoms with Crippen molar-refractivity contribution < 1.29 is 14.3 Å². The van der Waals surface area contributed by atoms with Crippen LogP contribution in [-0.2, 0) is 16.0 Å². The van der Waals surface area contributed by atoms with Crippen molar-refractivity contribution in [2.45, 2.75) is 26.5 Å². The molecule has 0 saturated carbocycles. The Balaban J connectivity index is 1.98. The maximum Gasteiger partial charge on any atom is 0.358 e. The van der Waals surface area contributed by atoms with Gasteiger partial charge in [-0.2, -0.15) is 5.10 Å². The van der Waals surface area contributed by atoms with Gasteiger partial charge in [-0.1, -0.05) is 0 Å². The molecule has 1 unspecified atom stereocenters. The number of ether oxygens (including phenoxy) is 2. The Morgan fingerprint density at radius 2 is 2.35 bits per heavy atom. The van der Waals surface area contributed by atoms with Crippen LogP contribution in [0.15, 0.2) is 0 Å². The van der Waals surface area contributed by atoms with Gasteiger partial charge in [0, 0.05) is 19.6 Å². The third-order valence-electron chi connectivity index (χ3n) is 3.41. The molecule has 0 bridgehead atoms. The second-order valence-electron chi connectivity index (χ2n) is 5.02. The van der Waals surface area contributed by atoms with Gasteiger partial charge in [0.15, 0.2) is 5.69 Å². The molecule has 0 spiro atoms. The Bertz CT molecular complexity index is 486. The molecule has 2 rings (SSSR count). The normalized spacial score (nSPS) is 20.1. The Labute approximate surface area is 118 Å². The number of nitrogens with two attached hydrogens (primary N) is 1. The number of aryl methyl sites for hydroxylation is 2. The summed E-state index contributed by atoms with van der Waals surface area (Å²) in [5, 5.41) is 4.21. The molecule has 1 aliphatic rings. The van der Waals surface area contributed by atoms with Crippen molar-refractivity contribution in [3.63, 3.8) is 0 Å². The van der Waals surface area contributed by atoms with Gasteiger partial charge < -0.3 is 20.1 Å². The first-order valence-electron chi connectivity index (χ1n) is 6.83. The number of morpholine rings is 1. The van der Waals surface area contributed by atoms with E-state index in [1.165, 1.54) is 0 Å². The number of hydrogen-bond donors (Lipinski definition) is 1. The second-order valence-corrected chi connectivity index (χ2v) is 5.02. The molecule has 0 aromatic carbocycles. The number of rotatable bonds is 4. The van der Waals surface area contributed by atoms with Crippen LogP contribution >= 0.6 is 0 Å². The van der Waals surface area contributed by atoms with Crippen LogP contribution in [0.1, 0.15) is 23.1 Å². The smallest absolute Gasteiger partial charge is 0.358 e. The number of nitrogens with zero attached hydrogens (tertiary/aromatic N) is 3. The summed E-state index contributed by atoms with van der Waals surface area (Å²) < 4.78 is 12.4. The number of hydrogen-bond acceptors (Lipinski definition) is 6. The summed E-state index contributed by atoms with van der Waals surface area (Å²) in [6.45, 7) is 6.81. The average molecular weight is 282 g/mol. The highest BCUT2D eigenvalue weighted by Crippen LogP contribution is 2.17. The van der Waals surface area contributed by atoms with Crippen molar-refractivity contribution in [3.8, 4) is 0 Å². The van der Waals surface area contributed by atoms with Crippen molar-refractivity contribution in [1.29, 1.82) is 0 Å². The summed E-state index contributed by atoms with van der Waals surface area (Å²) >= 11 is 0. The molecule has 7 nitrogen and oxygen atoms in total. The van der Waals surface area contributed by atoms with Crippen molar-refractivity contribution in [2.24, 2.45) is 0 Å².